The van der Waals surface area contributed by atoms with Gasteiger partial charge in [-0.05, 0) is 39.3 Å². The number of sulfonamides is 1. The summed E-state index contributed by atoms with van der Waals surface area (Å²) in [7, 11) is -3.61. The molecule has 0 spiro atoms. The van der Waals surface area contributed by atoms with Crippen LogP contribution in [0.1, 0.15) is 32.3 Å². The van der Waals surface area contributed by atoms with Gasteiger partial charge in [0.05, 0.1) is 4.90 Å². The average Bonchev–Trinajstić information content (AvgIpc) is 2.87. The number of hydrogen-bond acceptors (Lipinski definition) is 5. The molecule has 2 aliphatic heterocycles. The number of rotatable bonds is 5. The zero-order valence-corrected chi connectivity index (χ0v) is 18.4. The number of benzene rings is 1. The Labute approximate surface area is 177 Å². The standard InChI is InChI=1S/C20H28N4O5S/c1-15-5-7-16(8-6-15)30(28,29)23-11-4-10-22(13-14-23)17(25)9-12-24-18(26)20(2,3)21-19(24)27/h5-8H,4,9-14H2,1-3H3,(H,21,27). The quantitative estimate of drug-likeness (QED) is 0.692. The molecule has 1 aromatic rings. The van der Waals surface area contributed by atoms with Crippen LogP contribution in [0.15, 0.2) is 29.2 Å². The Balaban J connectivity index is 1.58. The maximum absolute atomic E-state index is 12.9. The average molecular weight is 437 g/mol. The minimum atomic E-state index is -3.61. The Kier molecular flexibility index (Phi) is 6.19. The molecule has 10 heteroatoms. The van der Waals surface area contributed by atoms with Crippen molar-refractivity contribution in [3.8, 4) is 0 Å². The highest BCUT2D eigenvalue weighted by Crippen LogP contribution is 2.20. The predicted octanol–water partition coefficient (Wildman–Crippen LogP) is 0.939. The zero-order chi connectivity index (χ0) is 22.1. The number of amides is 4. The first-order valence-corrected chi connectivity index (χ1v) is 11.4. The van der Waals surface area contributed by atoms with Crippen LogP contribution in [0.25, 0.3) is 0 Å². The van der Waals surface area contributed by atoms with Gasteiger partial charge >= 0.3 is 6.03 Å². The van der Waals surface area contributed by atoms with Crippen molar-refractivity contribution < 1.29 is 22.8 Å². The number of hydrogen-bond donors (Lipinski definition) is 1. The van der Waals surface area contributed by atoms with Gasteiger partial charge in [0.25, 0.3) is 5.91 Å². The summed E-state index contributed by atoms with van der Waals surface area (Å²) >= 11 is 0. The molecule has 9 nitrogen and oxygen atoms in total. The molecule has 30 heavy (non-hydrogen) atoms. The predicted molar refractivity (Wildman–Crippen MR) is 110 cm³/mol. The second kappa shape index (κ2) is 8.35. The lowest BCUT2D eigenvalue weighted by Crippen LogP contribution is -2.41. The van der Waals surface area contributed by atoms with E-state index in [9.17, 15) is 22.8 Å². The smallest absolute Gasteiger partial charge is 0.325 e. The number of nitrogens with one attached hydrogen (secondary N) is 1. The molecule has 1 N–H and O–H groups in total. The molecular formula is C20H28N4O5S. The minimum Gasteiger partial charge on any atom is -0.341 e. The van der Waals surface area contributed by atoms with Gasteiger partial charge < -0.3 is 10.2 Å². The van der Waals surface area contributed by atoms with Gasteiger partial charge in [-0.15, -0.1) is 0 Å². The lowest BCUT2D eigenvalue weighted by molar-refractivity contribution is -0.133. The van der Waals surface area contributed by atoms with Crippen molar-refractivity contribution in [1.29, 1.82) is 0 Å². The minimum absolute atomic E-state index is 0.00874. The molecule has 4 amide bonds. The van der Waals surface area contributed by atoms with Crippen molar-refractivity contribution in [1.82, 2.24) is 19.4 Å². The van der Waals surface area contributed by atoms with Crippen LogP contribution in [0.2, 0.25) is 0 Å². The molecule has 2 aliphatic rings. The molecule has 0 atom stereocenters. The number of urea groups is 1. The SMILES string of the molecule is Cc1ccc(S(=O)(=O)N2CCCN(C(=O)CCN3C(=O)NC(C)(C)C3=O)CC2)cc1. The molecule has 0 aromatic heterocycles. The summed E-state index contributed by atoms with van der Waals surface area (Å²) in [6.07, 6.45) is 0.535. The normalized spacial score (nSPS) is 20.2. The molecule has 2 heterocycles. The van der Waals surface area contributed by atoms with E-state index in [0.717, 1.165) is 10.5 Å². The van der Waals surface area contributed by atoms with Crippen LogP contribution >= 0.6 is 0 Å². The fourth-order valence-corrected chi connectivity index (χ4v) is 5.10. The highest BCUT2D eigenvalue weighted by atomic mass is 32.2. The van der Waals surface area contributed by atoms with E-state index >= 15 is 0 Å². The van der Waals surface area contributed by atoms with Gasteiger partial charge in [-0.3, -0.25) is 14.5 Å². The second-order valence-electron chi connectivity index (χ2n) is 8.21. The number of carbonyl (C=O) groups is 3. The first kappa shape index (κ1) is 22.2. The first-order valence-electron chi connectivity index (χ1n) is 10.0. The van der Waals surface area contributed by atoms with E-state index in [0.29, 0.717) is 19.5 Å². The van der Waals surface area contributed by atoms with Gasteiger partial charge in [-0.2, -0.15) is 4.31 Å². The number of nitrogens with zero attached hydrogens (tertiary/aromatic N) is 3. The van der Waals surface area contributed by atoms with Crippen LogP contribution in [0.3, 0.4) is 0 Å². The fraction of sp³-hybridized carbons (Fsp3) is 0.550. The monoisotopic (exact) mass is 436 g/mol. The van der Waals surface area contributed by atoms with Gasteiger partial charge in [-0.25, -0.2) is 13.2 Å². The Morgan fingerprint density at radius 2 is 1.73 bits per heavy atom. The first-order chi connectivity index (χ1) is 14.0. The van der Waals surface area contributed by atoms with Crippen LogP contribution < -0.4 is 5.32 Å². The largest absolute Gasteiger partial charge is 0.341 e. The van der Waals surface area contributed by atoms with Crippen LogP contribution in [0.4, 0.5) is 4.79 Å². The second-order valence-corrected chi connectivity index (χ2v) is 10.2. The molecule has 0 unspecified atom stereocenters. The van der Waals surface area contributed by atoms with E-state index in [1.54, 1.807) is 43.0 Å². The molecule has 0 saturated carbocycles. The summed E-state index contributed by atoms with van der Waals surface area (Å²) < 4.78 is 27.2. The molecule has 3 rings (SSSR count). The third kappa shape index (κ3) is 4.49. The molecule has 164 valence electrons. The molecule has 0 radical (unpaired) electrons. The number of carbonyl (C=O) groups excluding carboxylic acids is 3. The molecule has 0 bridgehead atoms. The van der Waals surface area contributed by atoms with Crippen LogP contribution in [0, 0.1) is 6.92 Å². The highest BCUT2D eigenvalue weighted by Gasteiger charge is 2.44. The van der Waals surface area contributed by atoms with Crippen LogP contribution in [0.5, 0.6) is 0 Å². The summed E-state index contributed by atoms with van der Waals surface area (Å²) in [5.74, 6) is -0.554. The van der Waals surface area contributed by atoms with Crippen LogP contribution in [-0.4, -0.2) is 78.6 Å². The van der Waals surface area contributed by atoms with Crippen molar-refractivity contribution in [2.24, 2.45) is 0 Å². The third-order valence-corrected chi connectivity index (χ3v) is 7.37. The lowest BCUT2D eigenvalue weighted by Gasteiger charge is -2.23. The van der Waals surface area contributed by atoms with Crippen molar-refractivity contribution in [3.05, 3.63) is 29.8 Å². The number of imide groups is 1. The third-order valence-electron chi connectivity index (χ3n) is 5.46. The summed E-state index contributed by atoms with van der Waals surface area (Å²) in [6, 6.07) is 6.22. The van der Waals surface area contributed by atoms with E-state index < -0.39 is 21.6 Å². The number of aryl methyl sites for hydroxylation is 1. The van der Waals surface area contributed by atoms with E-state index in [-0.39, 0.29) is 42.8 Å². The Hall–Kier alpha value is -2.46. The molecule has 2 fully saturated rings. The maximum Gasteiger partial charge on any atom is 0.325 e. The van der Waals surface area contributed by atoms with Crippen molar-refractivity contribution in [3.63, 3.8) is 0 Å². The van der Waals surface area contributed by atoms with Crippen LogP contribution in [-0.2, 0) is 19.6 Å². The molecular weight excluding hydrogens is 408 g/mol. The molecule has 0 aliphatic carbocycles. The summed E-state index contributed by atoms with van der Waals surface area (Å²) in [5.41, 5.74) is 0.0169. The lowest BCUT2D eigenvalue weighted by atomic mass is 10.1. The maximum atomic E-state index is 12.9. The Morgan fingerprint density at radius 3 is 2.33 bits per heavy atom. The van der Waals surface area contributed by atoms with E-state index in [1.807, 2.05) is 6.92 Å². The summed E-state index contributed by atoms with van der Waals surface area (Å²) in [6.45, 7) is 6.39. The van der Waals surface area contributed by atoms with Crippen molar-refractivity contribution >= 4 is 27.9 Å². The highest BCUT2D eigenvalue weighted by molar-refractivity contribution is 7.89. The fourth-order valence-electron chi connectivity index (χ4n) is 3.63. The molecule has 2 saturated heterocycles. The van der Waals surface area contributed by atoms with Gasteiger partial charge in [-0.1, -0.05) is 17.7 Å². The Bertz CT molecular complexity index is 942. The summed E-state index contributed by atoms with van der Waals surface area (Å²) in [5, 5.41) is 2.59. The van der Waals surface area contributed by atoms with Crippen molar-refractivity contribution in [2.75, 3.05) is 32.7 Å². The zero-order valence-electron chi connectivity index (χ0n) is 17.6. The summed E-state index contributed by atoms with van der Waals surface area (Å²) in [4.78, 5) is 39.7. The topological polar surface area (TPSA) is 107 Å². The van der Waals surface area contributed by atoms with Gasteiger partial charge in [0.15, 0.2) is 0 Å². The molecule has 1 aromatic carbocycles. The Morgan fingerprint density at radius 1 is 1.07 bits per heavy atom. The van der Waals surface area contributed by atoms with Gasteiger partial charge in [0.1, 0.15) is 5.54 Å². The van der Waals surface area contributed by atoms with E-state index in [2.05, 4.69) is 5.32 Å². The van der Waals surface area contributed by atoms with Crippen molar-refractivity contribution in [2.45, 2.75) is 44.0 Å². The van der Waals surface area contributed by atoms with E-state index in [1.165, 1.54) is 4.31 Å². The van der Waals surface area contributed by atoms with E-state index in [4.69, 9.17) is 0 Å². The van der Waals surface area contributed by atoms with Gasteiger partial charge in [0.2, 0.25) is 15.9 Å². The van der Waals surface area contributed by atoms with Gasteiger partial charge in [0, 0.05) is 39.1 Å².